The van der Waals surface area contributed by atoms with E-state index in [0.717, 1.165) is 18.7 Å². The van der Waals surface area contributed by atoms with Crippen LogP contribution in [-0.4, -0.2) is 34.0 Å². The van der Waals surface area contributed by atoms with E-state index in [9.17, 15) is 4.79 Å². The smallest absolute Gasteiger partial charge is 0.227 e. The fourth-order valence-corrected chi connectivity index (χ4v) is 2.78. The summed E-state index contributed by atoms with van der Waals surface area (Å²) in [5, 5.41) is 4.06. The minimum atomic E-state index is 0.183. The van der Waals surface area contributed by atoms with Gasteiger partial charge in [0.2, 0.25) is 11.8 Å². The van der Waals surface area contributed by atoms with E-state index in [-0.39, 0.29) is 5.91 Å². The van der Waals surface area contributed by atoms with Crippen molar-refractivity contribution in [2.45, 2.75) is 63.3 Å². The Hall–Kier alpha value is -1.39. The van der Waals surface area contributed by atoms with Gasteiger partial charge in [-0.25, -0.2) is 0 Å². The quantitative estimate of drug-likeness (QED) is 0.817. The Bertz CT molecular complexity index is 447. The van der Waals surface area contributed by atoms with Gasteiger partial charge in [-0.15, -0.1) is 0 Å². The van der Waals surface area contributed by atoms with Gasteiger partial charge in [-0.1, -0.05) is 18.0 Å². The molecule has 0 spiro atoms. The van der Waals surface area contributed by atoms with Crippen LogP contribution in [0.25, 0.3) is 0 Å². The van der Waals surface area contributed by atoms with Crippen molar-refractivity contribution < 1.29 is 9.32 Å². The minimum absolute atomic E-state index is 0.183. The molecule has 0 bridgehead atoms. The summed E-state index contributed by atoms with van der Waals surface area (Å²) in [5.41, 5.74) is 0. The second-order valence-corrected chi connectivity index (χ2v) is 5.76. The van der Waals surface area contributed by atoms with E-state index in [0.29, 0.717) is 30.7 Å². The van der Waals surface area contributed by atoms with E-state index in [2.05, 4.69) is 10.1 Å². The molecule has 0 aliphatic heterocycles. The summed E-state index contributed by atoms with van der Waals surface area (Å²) >= 11 is 0. The van der Waals surface area contributed by atoms with Crippen LogP contribution < -0.4 is 0 Å². The highest BCUT2D eigenvalue weighted by Gasteiger charge is 2.29. The van der Waals surface area contributed by atoms with E-state index in [1.165, 1.54) is 25.7 Å². The topological polar surface area (TPSA) is 59.2 Å². The lowest BCUT2D eigenvalue weighted by Crippen LogP contribution is -2.28. The zero-order valence-electron chi connectivity index (χ0n) is 11.5. The molecule has 0 aromatic carbocycles. The second-order valence-electron chi connectivity index (χ2n) is 5.76. The lowest BCUT2D eigenvalue weighted by atomic mass is 10.1. The van der Waals surface area contributed by atoms with Crippen LogP contribution in [0.5, 0.6) is 0 Å². The number of aryl methyl sites for hydroxylation is 1. The van der Waals surface area contributed by atoms with Gasteiger partial charge in [0.05, 0.1) is 0 Å². The lowest BCUT2D eigenvalue weighted by Gasteiger charge is -2.15. The zero-order valence-corrected chi connectivity index (χ0v) is 11.5. The molecular formula is C14H21N3O2. The Morgan fingerprint density at radius 1 is 1.32 bits per heavy atom. The molecule has 1 heterocycles. The minimum Gasteiger partial charge on any atom is -0.343 e. The SMILES string of the molecule is CN(C(=O)CCc1nc(C2CCCC2)no1)C1CC1. The maximum atomic E-state index is 11.9. The molecule has 5 heteroatoms. The van der Waals surface area contributed by atoms with E-state index < -0.39 is 0 Å². The summed E-state index contributed by atoms with van der Waals surface area (Å²) < 4.78 is 5.25. The summed E-state index contributed by atoms with van der Waals surface area (Å²) in [6, 6.07) is 0.476. The molecule has 2 aliphatic rings. The van der Waals surface area contributed by atoms with Crippen LogP contribution in [-0.2, 0) is 11.2 Å². The first-order chi connectivity index (χ1) is 9.24. The van der Waals surface area contributed by atoms with Gasteiger partial charge in [-0.2, -0.15) is 4.98 Å². The first-order valence-electron chi connectivity index (χ1n) is 7.32. The molecule has 0 unspecified atom stereocenters. The van der Waals surface area contributed by atoms with Crippen molar-refractivity contribution in [2.75, 3.05) is 7.05 Å². The molecule has 104 valence electrons. The second kappa shape index (κ2) is 5.31. The summed E-state index contributed by atoms with van der Waals surface area (Å²) in [7, 11) is 1.89. The first kappa shape index (κ1) is 12.6. The lowest BCUT2D eigenvalue weighted by molar-refractivity contribution is -0.130. The van der Waals surface area contributed by atoms with Gasteiger partial charge in [-0.05, 0) is 25.7 Å². The molecule has 3 rings (SSSR count). The van der Waals surface area contributed by atoms with Crippen molar-refractivity contribution in [1.82, 2.24) is 15.0 Å². The van der Waals surface area contributed by atoms with Crippen LogP contribution in [0.4, 0.5) is 0 Å². The summed E-state index contributed by atoms with van der Waals surface area (Å²) in [4.78, 5) is 18.2. The highest BCUT2D eigenvalue weighted by Crippen LogP contribution is 2.32. The molecule has 1 amide bonds. The van der Waals surface area contributed by atoms with Crippen molar-refractivity contribution in [3.8, 4) is 0 Å². The van der Waals surface area contributed by atoms with Crippen LogP contribution in [0.1, 0.15) is 62.6 Å². The normalized spacial score (nSPS) is 19.8. The molecule has 0 N–H and O–H groups in total. The highest BCUT2D eigenvalue weighted by atomic mass is 16.5. The van der Waals surface area contributed by atoms with Gasteiger partial charge in [0.25, 0.3) is 0 Å². The molecule has 2 saturated carbocycles. The predicted molar refractivity (Wildman–Crippen MR) is 69.6 cm³/mol. The van der Waals surface area contributed by atoms with Crippen LogP contribution in [0, 0.1) is 0 Å². The van der Waals surface area contributed by atoms with Crippen molar-refractivity contribution >= 4 is 5.91 Å². The van der Waals surface area contributed by atoms with Crippen molar-refractivity contribution in [3.63, 3.8) is 0 Å². The summed E-state index contributed by atoms with van der Waals surface area (Å²) in [5.74, 6) is 2.11. The van der Waals surface area contributed by atoms with E-state index in [4.69, 9.17) is 4.52 Å². The van der Waals surface area contributed by atoms with Gasteiger partial charge >= 0.3 is 0 Å². The highest BCUT2D eigenvalue weighted by molar-refractivity contribution is 5.76. The molecular weight excluding hydrogens is 242 g/mol. The Labute approximate surface area is 113 Å². The third-order valence-electron chi connectivity index (χ3n) is 4.24. The first-order valence-corrected chi connectivity index (χ1v) is 7.32. The maximum absolute atomic E-state index is 11.9. The summed E-state index contributed by atoms with van der Waals surface area (Å²) in [6.07, 6.45) is 8.20. The Morgan fingerprint density at radius 3 is 2.74 bits per heavy atom. The fourth-order valence-electron chi connectivity index (χ4n) is 2.78. The molecule has 0 saturated heterocycles. The predicted octanol–water partition coefficient (Wildman–Crippen LogP) is 2.28. The maximum Gasteiger partial charge on any atom is 0.227 e. The Balaban J connectivity index is 1.50. The van der Waals surface area contributed by atoms with Gasteiger partial charge in [0.15, 0.2) is 5.82 Å². The van der Waals surface area contributed by atoms with Crippen molar-refractivity contribution in [1.29, 1.82) is 0 Å². The average Bonchev–Trinajstić information content (AvgIpc) is 2.93. The standard InChI is InChI=1S/C14H21N3O2/c1-17(11-6-7-11)13(18)9-8-12-15-14(16-19-12)10-4-2-3-5-10/h10-11H,2-9H2,1H3. The summed E-state index contributed by atoms with van der Waals surface area (Å²) in [6.45, 7) is 0. The molecule has 1 aromatic rings. The van der Waals surface area contributed by atoms with Crippen LogP contribution in [0.2, 0.25) is 0 Å². The molecule has 2 aliphatic carbocycles. The van der Waals surface area contributed by atoms with Gasteiger partial charge in [-0.3, -0.25) is 4.79 Å². The van der Waals surface area contributed by atoms with Crippen molar-refractivity contribution in [3.05, 3.63) is 11.7 Å². The molecule has 2 fully saturated rings. The number of carbonyl (C=O) groups excluding carboxylic acids is 1. The van der Waals surface area contributed by atoms with Crippen LogP contribution >= 0.6 is 0 Å². The average molecular weight is 263 g/mol. The number of aromatic nitrogens is 2. The largest absolute Gasteiger partial charge is 0.343 e. The number of carbonyl (C=O) groups is 1. The zero-order chi connectivity index (χ0) is 13.2. The monoisotopic (exact) mass is 263 g/mol. The van der Waals surface area contributed by atoms with Crippen LogP contribution in [0.3, 0.4) is 0 Å². The third kappa shape index (κ3) is 2.96. The van der Waals surface area contributed by atoms with E-state index in [1.54, 1.807) is 0 Å². The van der Waals surface area contributed by atoms with Gasteiger partial charge in [0.1, 0.15) is 0 Å². The molecule has 1 aromatic heterocycles. The van der Waals surface area contributed by atoms with Gasteiger partial charge < -0.3 is 9.42 Å². The number of nitrogens with zero attached hydrogens (tertiary/aromatic N) is 3. The fraction of sp³-hybridized carbons (Fsp3) is 0.786. The number of rotatable bonds is 5. The molecule has 0 atom stereocenters. The third-order valence-corrected chi connectivity index (χ3v) is 4.24. The Kier molecular flexibility index (Phi) is 3.53. The van der Waals surface area contributed by atoms with Crippen LogP contribution in [0.15, 0.2) is 4.52 Å². The van der Waals surface area contributed by atoms with E-state index in [1.807, 2.05) is 11.9 Å². The number of amides is 1. The number of hydrogen-bond donors (Lipinski definition) is 0. The molecule has 19 heavy (non-hydrogen) atoms. The van der Waals surface area contributed by atoms with Crippen molar-refractivity contribution in [2.24, 2.45) is 0 Å². The molecule has 5 nitrogen and oxygen atoms in total. The molecule has 0 radical (unpaired) electrons. The number of hydrogen-bond acceptors (Lipinski definition) is 4. The van der Waals surface area contributed by atoms with E-state index >= 15 is 0 Å². The van der Waals surface area contributed by atoms with Gasteiger partial charge in [0, 0.05) is 31.8 Å². The Morgan fingerprint density at radius 2 is 2.05 bits per heavy atom.